The third-order valence-electron chi connectivity index (χ3n) is 4.28. The van der Waals surface area contributed by atoms with Gasteiger partial charge in [-0.25, -0.2) is 0 Å². The Hall–Kier alpha value is -2.56. The van der Waals surface area contributed by atoms with Crippen molar-refractivity contribution in [3.63, 3.8) is 0 Å². The third kappa shape index (κ3) is 1.85. The largest absolute Gasteiger partial charge is 0.352 e. The van der Waals surface area contributed by atoms with Crippen molar-refractivity contribution < 1.29 is 0 Å². The predicted molar refractivity (Wildman–Crippen MR) is 92.7 cm³/mol. The van der Waals surface area contributed by atoms with Crippen molar-refractivity contribution in [2.45, 2.75) is 13.1 Å². The smallest absolute Gasteiger partial charge is 0.0703 e. The van der Waals surface area contributed by atoms with Crippen LogP contribution in [0.2, 0.25) is 0 Å². The summed E-state index contributed by atoms with van der Waals surface area (Å²) in [6.07, 6.45) is 0. The normalized spacial score (nSPS) is 12.3. The maximum absolute atomic E-state index is 5.96. The second-order valence-electron chi connectivity index (χ2n) is 5.49. The Balaban J connectivity index is 1.93. The fourth-order valence-corrected chi connectivity index (χ4v) is 3.14. The Bertz CT molecular complexity index is 870. The van der Waals surface area contributed by atoms with E-state index in [-0.39, 0.29) is 0 Å². The molecule has 0 atom stereocenters. The number of nitrogens with one attached hydrogen (secondary N) is 2. The van der Waals surface area contributed by atoms with Crippen LogP contribution in [-0.4, -0.2) is 0 Å². The van der Waals surface area contributed by atoms with E-state index >= 15 is 0 Å². The molecule has 0 aliphatic carbocycles. The molecule has 3 aromatic carbocycles. The number of benzene rings is 3. The molecule has 0 fully saturated rings. The fourth-order valence-electron chi connectivity index (χ4n) is 3.14. The second-order valence-corrected chi connectivity index (χ2v) is 5.49. The van der Waals surface area contributed by atoms with Gasteiger partial charge in [-0.3, -0.25) is 0 Å². The minimum absolute atomic E-state index is 0.463. The minimum atomic E-state index is 0.463. The summed E-state index contributed by atoms with van der Waals surface area (Å²) in [5, 5.41) is 9.48. The number of hydrogen-bond acceptors (Lipinski definition) is 4. The van der Waals surface area contributed by atoms with Gasteiger partial charge in [0.05, 0.1) is 22.7 Å². The van der Waals surface area contributed by atoms with E-state index in [1.807, 2.05) is 6.07 Å². The molecular weight excluding hydrogens is 272 g/mol. The Kier molecular flexibility index (Phi) is 2.99. The lowest BCUT2D eigenvalue weighted by atomic mass is 9.99. The summed E-state index contributed by atoms with van der Waals surface area (Å²) < 4.78 is 0. The number of rotatable bonds is 2. The van der Waals surface area contributed by atoms with Crippen molar-refractivity contribution in [3.05, 3.63) is 59.7 Å². The van der Waals surface area contributed by atoms with E-state index in [1.54, 1.807) is 0 Å². The molecule has 6 N–H and O–H groups in total. The summed E-state index contributed by atoms with van der Waals surface area (Å²) in [4.78, 5) is 0. The molecule has 4 rings (SSSR count). The highest BCUT2D eigenvalue weighted by atomic mass is 15.0. The Morgan fingerprint density at radius 2 is 1.50 bits per heavy atom. The van der Waals surface area contributed by atoms with Gasteiger partial charge in [-0.15, -0.1) is 0 Å². The first-order chi connectivity index (χ1) is 10.8. The molecule has 22 heavy (non-hydrogen) atoms. The van der Waals surface area contributed by atoms with Gasteiger partial charge in [0.2, 0.25) is 0 Å². The molecule has 0 unspecified atom stereocenters. The maximum atomic E-state index is 5.96. The van der Waals surface area contributed by atoms with E-state index in [0.29, 0.717) is 13.1 Å². The van der Waals surface area contributed by atoms with Crippen LogP contribution in [-0.2, 0) is 13.1 Å². The molecule has 0 radical (unpaired) electrons. The molecular formula is C18H18N4. The zero-order chi connectivity index (χ0) is 15.1. The molecule has 0 amide bonds. The molecule has 1 aliphatic rings. The van der Waals surface area contributed by atoms with Crippen molar-refractivity contribution in [2.75, 3.05) is 10.6 Å². The van der Waals surface area contributed by atoms with E-state index in [4.69, 9.17) is 11.5 Å². The van der Waals surface area contributed by atoms with Crippen LogP contribution in [0.4, 0.5) is 22.7 Å². The SMILES string of the molecule is NCc1ccc2c(c1CN)Nc1c(ccc3ccccc13)N2. The van der Waals surface area contributed by atoms with Crippen molar-refractivity contribution in [2.24, 2.45) is 11.5 Å². The minimum Gasteiger partial charge on any atom is -0.352 e. The molecule has 0 saturated carbocycles. The van der Waals surface area contributed by atoms with E-state index in [9.17, 15) is 0 Å². The molecule has 0 saturated heterocycles. The first-order valence-electron chi connectivity index (χ1n) is 7.42. The van der Waals surface area contributed by atoms with E-state index < -0.39 is 0 Å². The zero-order valence-corrected chi connectivity index (χ0v) is 12.2. The molecule has 0 aromatic heterocycles. The average Bonchev–Trinajstić information content (AvgIpc) is 2.58. The number of fused-ring (bicyclic) bond motifs is 4. The quantitative estimate of drug-likeness (QED) is 0.455. The number of hydrogen-bond donors (Lipinski definition) is 4. The lowest BCUT2D eigenvalue weighted by molar-refractivity contribution is 0.981. The van der Waals surface area contributed by atoms with Crippen molar-refractivity contribution in [1.82, 2.24) is 0 Å². The molecule has 1 aliphatic heterocycles. The lowest BCUT2D eigenvalue weighted by Gasteiger charge is -2.27. The Morgan fingerprint density at radius 1 is 0.727 bits per heavy atom. The molecule has 4 heteroatoms. The van der Waals surface area contributed by atoms with Crippen molar-refractivity contribution in [3.8, 4) is 0 Å². The van der Waals surface area contributed by atoms with Gasteiger partial charge in [0.15, 0.2) is 0 Å². The fraction of sp³-hybridized carbons (Fsp3) is 0.111. The number of nitrogens with two attached hydrogens (primary N) is 2. The Morgan fingerprint density at radius 3 is 2.32 bits per heavy atom. The predicted octanol–water partition coefficient (Wildman–Crippen LogP) is 3.56. The van der Waals surface area contributed by atoms with E-state index in [1.165, 1.54) is 10.8 Å². The Labute approximate surface area is 129 Å². The monoisotopic (exact) mass is 290 g/mol. The van der Waals surface area contributed by atoms with Crippen LogP contribution in [0.15, 0.2) is 48.5 Å². The first-order valence-corrected chi connectivity index (χ1v) is 7.42. The summed E-state index contributed by atoms with van der Waals surface area (Å²) in [7, 11) is 0. The van der Waals surface area contributed by atoms with E-state index in [0.717, 1.165) is 33.9 Å². The van der Waals surface area contributed by atoms with Gasteiger partial charge in [-0.2, -0.15) is 0 Å². The molecule has 1 heterocycles. The van der Waals surface area contributed by atoms with Crippen LogP contribution >= 0.6 is 0 Å². The highest BCUT2D eigenvalue weighted by molar-refractivity contribution is 6.06. The summed E-state index contributed by atoms with van der Waals surface area (Å²) in [5.74, 6) is 0. The van der Waals surface area contributed by atoms with Gasteiger partial charge in [0.1, 0.15) is 0 Å². The highest BCUT2D eigenvalue weighted by Gasteiger charge is 2.20. The topological polar surface area (TPSA) is 76.1 Å². The van der Waals surface area contributed by atoms with Crippen molar-refractivity contribution >= 4 is 33.5 Å². The molecule has 0 spiro atoms. The maximum Gasteiger partial charge on any atom is 0.0703 e. The van der Waals surface area contributed by atoms with Gasteiger partial charge < -0.3 is 22.1 Å². The number of anilines is 4. The summed E-state index contributed by atoms with van der Waals surface area (Å²) in [5.41, 5.74) is 18.2. The third-order valence-corrected chi connectivity index (χ3v) is 4.28. The van der Waals surface area contributed by atoms with Gasteiger partial charge in [-0.05, 0) is 28.6 Å². The summed E-state index contributed by atoms with van der Waals surface area (Å²) in [6.45, 7) is 0.953. The van der Waals surface area contributed by atoms with E-state index in [2.05, 4.69) is 53.1 Å². The van der Waals surface area contributed by atoms with Crippen LogP contribution in [0.1, 0.15) is 11.1 Å². The van der Waals surface area contributed by atoms with Gasteiger partial charge in [0.25, 0.3) is 0 Å². The van der Waals surface area contributed by atoms with Gasteiger partial charge in [-0.1, -0.05) is 36.4 Å². The molecule has 3 aromatic rings. The first kappa shape index (κ1) is 13.1. The molecule has 0 bridgehead atoms. The van der Waals surface area contributed by atoms with Crippen LogP contribution in [0.25, 0.3) is 10.8 Å². The van der Waals surface area contributed by atoms with Crippen LogP contribution in [0.5, 0.6) is 0 Å². The van der Waals surface area contributed by atoms with Crippen LogP contribution < -0.4 is 22.1 Å². The standard InChI is InChI=1S/C18H18N4/c19-9-12-6-8-16-18(14(12)10-20)22-17-13-4-2-1-3-11(13)5-7-15(17)21-16/h1-8,21-22H,9-10,19-20H2. The van der Waals surface area contributed by atoms with Gasteiger partial charge >= 0.3 is 0 Å². The lowest BCUT2D eigenvalue weighted by Crippen LogP contribution is -2.14. The highest BCUT2D eigenvalue weighted by Crippen LogP contribution is 2.44. The zero-order valence-electron chi connectivity index (χ0n) is 12.2. The van der Waals surface area contributed by atoms with Gasteiger partial charge in [0, 0.05) is 18.5 Å². The van der Waals surface area contributed by atoms with Crippen molar-refractivity contribution in [1.29, 1.82) is 0 Å². The average molecular weight is 290 g/mol. The molecule has 4 nitrogen and oxygen atoms in total. The second kappa shape index (κ2) is 5.02. The van der Waals surface area contributed by atoms with Crippen LogP contribution in [0, 0.1) is 0 Å². The molecule has 110 valence electrons. The van der Waals surface area contributed by atoms with Crippen LogP contribution in [0.3, 0.4) is 0 Å². The summed E-state index contributed by atoms with van der Waals surface area (Å²) >= 11 is 0. The summed E-state index contributed by atoms with van der Waals surface area (Å²) in [6, 6.07) is 16.7.